The van der Waals surface area contributed by atoms with E-state index in [1.807, 2.05) is 6.07 Å². The number of amides is 2. The third kappa shape index (κ3) is 2.92. The van der Waals surface area contributed by atoms with Crippen LogP contribution in [0.1, 0.15) is 41.5 Å². The molecule has 1 saturated carbocycles. The molecule has 4 rings (SSSR count). The molecule has 1 aliphatic carbocycles. The first-order valence-corrected chi connectivity index (χ1v) is 7.99. The number of carbonyl (C=O) groups is 1. The molecule has 1 N–H and O–H groups in total. The molecule has 2 aromatic rings. The van der Waals surface area contributed by atoms with Gasteiger partial charge >= 0.3 is 12.2 Å². The molecule has 2 fully saturated rings. The summed E-state index contributed by atoms with van der Waals surface area (Å²) in [6, 6.07) is 2.85. The Balaban J connectivity index is 1.74. The van der Waals surface area contributed by atoms with Crippen molar-refractivity contribution in [3.8, 4) is 0 Å². The highest BCUT2D eigenvalue weighted by molar-refractivity contribution is 5.94. The molecule has 2 aliphatic rings. The number of nitrogens with zero attached hydrogens (tertiary/aromatic N) is 3. The van der Waals surface area contributed by atoms with Gasteiger partial charge in [0.2, 0.25) is 0 Å². The van der Waals surface area contributed by atoms with Crippen LogP contribution in [0.25, 0.3) is 0 Å². The quantitative estimate of drug-likeness (QED) is 0.921. The number of rotatable bonds is 3. The number of pyridine rings is 2. The van der Waals surface area contributed by atoms with Crippen LogP contribution >= 0.6 is 0 Å². The number of carbonyl (C=O) groups excluding carboxylic acids is 1. The van der Waals surface area contributed by atoms with Gasteiger partial charge in [0, 0.05) is 25.1 Å². The number of hydrogen-bond acceptors (Lipinski definition) is 3. The monoisotopic (exact) mass is 348 g/mol. The predicted octanol–water partition coefficient (Wildman–Crippen LogP) is 3.64. The Hall–Kier alpha value is -2.64. The number of nitrogens with one attached hydrogen (secondary N) is 1. The first-order chi connectivity index (χ1) is 11.9. The normalized spacial score (nSPS) is 20.7. The third-order valence-electron chi connectivity index (χ3n) is 4.56. The van der Waals surface area contributed by atoms with Crippen LogP contribution in [0.2, 0.25) is 0 Å². The SMILES string of the molecule is O=C1NCC(c2cnccc2C2CC2)N1c1cc(C(F)(F)F)ccn1. The summed E-state index contributed by atoms with van der Waals surface area (Å²) in [5.74, 6) is 0.422. The first-order valence-electron chi connectivity index (χ1n) is 7.99. The topological polar surface area (TPSA) is 58.1 Å². The lowest BCUT2D eigenvalue weighted by Crippen LogP contribution is -2.31. The van der Waals surface area contributed by atoms with Gasteiger partial charge in [-0.3, -0.25) is 9.88 Å². The first kappa shape index (κ1) is 15.9. The van der Waals surface area contributed by atoms with Crippen LogP contribution in [0.15, 0.2) is 36.8 Å². The number of aromatic nitrogens is 2. The Morgan fingerprint density at radius 2 is 1.96 bits per heavy atom. The Morgan fingerprint density at radius 1 is 1.16 bits per heavy atom. The number of urea groups is 1. The van der Waals surface area contributed by atoms with Gasteiger partial charge in [-0.25, -0.2) is 9.78 Å². The van der Waals surface area contributed by atoms with Crippen molar-refractivity contribution in [1.82, 2.24) is 15.3 Å². The van der Waals surface area contributed by atoms with Crippen LogP contribution in [0.4, 0.5) is 23.8 Å². The molecular weight excluding hydrogens is 333 g/mol. The lowest BCUT2D eigenvalue weighted by Gasteiger charge is -2.24. The van der Waals surface area contributed by atoms with Crippen LogP contribution < -0.4 is 10.2 Å². The third-order valence-corrected chi connectivity index (χ3v) is 4.56. The second kappa shape index (κ2) is 5.72. The van der Waals surface area contributed by atoms with Gasteiger partial charge in [-0.2, -0.15) is 13.2 Å². The summed E-state index contributed by atoms with van der Waals surface area (Å²) >= 11 is 0. The zero-order chi connectivity index (χ0) is 17.6. The highest BCUT2D eigenvalue weighted by Crippen LogP contribution is 2.44. The molecule has 8 heteroatoms. The van der Waals surface area contributed by atoms with Crippen LogP contribution in [0.5, 0.6) is 0 Å². The Bertz CT molecular complexity index is 820. The maximum absolute atomic E-state index is 13.0. The van der Waals surface area contributed by atoms with Gasteiger partial charge in [0.1, 0.15) is 5.82 Å². The number of alkyl halides is 3. The number of hydrogen-bond donors (Lipinski definition) is 1. The molecule has 2 amide bonds. The minimum atomic E-state index is -4.49. The van der Waals surface area contributed by atoms with Crippen molar-refractivity contribution in [3.05, 3.63) is 53.5 Å². The van der Waals surface area contributed by atoms with E-state index in [0.717, 1.165) is 42.3 Å². The fraction of sp³-hybridized carbons (Fsp3) is 0.353. The van der Waals surface area contributed by atoms with Crippen LogP contribution in [-0.2, 0) is 6.18 Å². The summed E-state index contributed by atoms with van der Waals surface area (Å²) < 4.78 is 39.0. The fourth-order valence-electron chi connectivity index (χ4n) is 3.20. The van der Waals surface area contributed by atoms with E-state index in [0.29, 0.717) is 12.5 Å². The lowest BCUT2D eigenvalue weighted by atomic mass is 9.99. The second-order valence-corrected chi connectivity index (χ2v) is 6.25. The summed E-state index contributed by atoms with van der Waals surface area (Å²) in [5.41, 5.74) is 1.14. The van der Waals surface area contributed by atoms with Gasteiger partial charge in [0.15, 0.2) is 0 Å². The van der Waals surface area contributed by atoms with Crippen molar-refractivity contribution in [2.75, 3.05) is 11.4 Å². The predicted molar refractivity (Wildman–Crippen MR) is 84.1 cm³/mol. The highest BCUT2D eigenvalue weighted by atomic mass is 19.4. The van der Waals surface area contributed by atoms with Crippen LogP contribution in [0, 0.1) is 0 Å². The van der Waals surface area contributed by atoms with Crippen molar-refractivity contribution in [1.29, 1.82) is 0 Å². The highest BCUT2D eigenvalue weighted by Gasteiger charge is 2.39. The summed E-state index contributed by atoms with van der Waals surface area (Å²) in [4.78, 5) is 21.7. The summed E-state index contributed by atoms with van der Waals surface area (Å²) in [5, 5.41) is 2.70. The van der Waals surface area contributed by atoms with Gasteiger partial charge in [-0.15, -0.1) is 0 Å². The largest absolute Gasteiger partial charge is 0.416 e. The second-order valence-electron chi connectivity index (χ2n) is 6.25. The van der Waals surface area contributed by atoms with Crippen LogP contribution in [0.3, 0.4) is 0 Å². The summed E-state index contributed by atoms with van der Waals surface area (Å²) in [6.07, 6.45) is 2.13. The van der Waals surface area contributed by atoms with Gasteiger partial charge in [-0.1, -0.05) is 0 Å². The van der Waals surface area contributed by atoms with Gasteiger partial charge in [0.25, 0.3) is 0 Å². The van der Waals surface area contributed by atoms with Crippen molar-refractivity contribution in [3.63, 3.8) is 0 Å². The summed E-state index contributed by atoms with van der Waals surface area (Å²) in [7, 11) is 0. The molecule has 130 valence electrons. The molecule has 2 aromatic heterocycles. The van der Waals surface area contributed by atoms with E-state index in [2.05, 4.69) is 15.3 Å². The molecule has 1 unspecified atom stereocenters. The molecule has 0 aromatic carbocycles. The van der Waals surface area contributed by atoms with Gasteiger partial charge < -0.3 is 5.32 Å². The Morgan fingerprint density at radius 3 is 2.68 bits per heavy atom. The molecule has 1 atom stereocenters. The zero-order valence-corrected chi connectivity index (χ0v) is 13.1. The summed E-state index contributed by atoms with van der Waals surface area (Å²) in [6.45, 7) is 0.308. The van der Waals surface area contributed by atoms with E-state index < -0.39 is 23.8 Å². The number of anilines is 1. The molecule has 25 heavy (non-hydrogen) atoms. The average molecular weight is 348 g/mol. The van der Waals surface area contributed by atoms with E-state index in [1.54, 1.807) is 12.4 Å². The Kier molecular flexibility index (Phi) is 3.63. The molecule has 1 aliphatic heterocycles. The van der Waals surface area contributed by atoms with Gasteiger partial charge in [0.05, 0.1) is 11.6 Å². The smallest absolute Gasteiger partial charge is 0.335 e. The van der Waals surface area contributed by atoms with E-state index >= 15 is 0 Å². The molecule has 5 nitrogen and oxygen atoms in total. The van der Waals surface area contributed by atoms with Crippen LogP contribution in [-0.4, -0.2) is 22.5 Å². The molecule has 1 saturated heterocycles. The maximum atomic E-state index is 13.0. The minimum absolute atomic E-state index is 0.0135. The maximum Gasteiger partial charge on any atom is 0.416 e. The fourth-order valence-corrected chi connectivity index (χ4v) is 3.20. The molecule has 0 bridgehead atoms. The number of halogens is 3. The Labute approximate surface area is 141 Å². The van der Waals surface area contributed by atoms with Gasteiger partial charge in [-0.05, 0) is 48.1 Å². The zero-order valence-electron chi connectivity index (χ0n) is 13.1. The van der Waals surface area contributed by atoms with Crippen molar-refractivity contribution >= 4 is 11.8 Å². The van der Waals surface area contributed by atoms with Crippen molar-refractivity contribution in [2.45, 2.75) is 31.0 Å². The van der Waals surface area contributed by atoms with Crippen molar-refractivity contribution < 1.29 is 18.0 Å². The van der Waals surface area contributed by atoms with E-state index in [4.69, 9.17) is 0 Å². The standard InChI is InChI=1S/C17H15F3N4O/c18-17(19,20)11-3-6-22-15(7-11)24-14(9-23-16(24)25)13-8-21-5-4-12(13)10-1-2-10/h3-8,10,14H,1-2,9H2,(H,23,25). The molecular formula is C17H15F3N4O. The molecule has 3 heterocycles. The minimum Gasteiger partial charge on any atom is -0.335 e. The average Bonchev–Trinajstić information content (AvgIpc) is 3.36. The van der Waals surface area contributed by atoms with Crippen molar-refractivity contribution in [2.24, 2.45) is 0 Å². The molecule has 0 spiro atoms. The molecule has 0 radical (unpaired) electrons. The van der Waals surface area contributed by atoms with E-state index in [1.165, 1.54) is 4.90 Å². The lowest BCUT2D eigenvalue weighted by molar-refractivity contribution is -0.137. The van der Waals surface area contributed by atoms with E-state index in [-0.39, 0.29) is 5.82 Å². The van der Waals surface area contributed by atoms with E-state index in [9.17, 15) is 18.0 Å².